The van der Waals surface area contributed by atoms with Crippen LogP contribution in [0.5, 0.6) is 0 Å². The summed E-state index contributed by atoms with van der Waals surface area (Å²) in [5.74, 6) is 0.711. The van der Waals surface area contributed by atoms with Crippen LogP contribution in [-0.2, 0) is 21.3 Å². The normalized spacial score (nSPS) is 16.6. The number of fused-ring (bicyclic) bond motifs is 1. The van der Waals surface area contributed by atoms with Gasteiger partial charge in [-0.1, -0.05) is 13.8 Å². The highest BCUT2D eigenvalue weighted by atomic mass is 32.2. The van der Waals surface area contributed by atoms with Crippen LogP contribution in [-0.4, -0.2) is 34.7 Å². The number of aryl methyl sites for hydroxylation is 1. The van der Waals surface area contributed by atoms with Crippen molar-refractivity contribution in [3.8, 4) is 6.07 Å². The molecule has 0 aromatic heterocycles. The molecule has 0 amide bonds. The maximum absolute atomic E-state index is 13.8. The minimum absolute atomic E-state index is 0.140. The molecule has 0 radical (unpaired) electrons. The first-order valence-electron chi connectivity index (χ1n) is 11.5. The van der Waals surface area contributed by atoms with Crippen molar-refractivity contribution in [3.05, 3.63) is 53.1 Å². The molecule has 1 fully saturated rings. The average molecular weight is 469 g/mol. The Morgan fingerprint density at radius 3 is 2.64 bits per heavy atom. The van der Waals surface area contributed by atoms with Crippen molar-refractivity contribution >= 4 is 21.4 Å². The Balaban J connectivity index is 1.63. The van der Waals surface area contributed by atoms with Crippen molar-refractivity contribution in [3.63, 3.8) is 0 Å². The Morgan fingerprint density at radius 1 is 1.21 bits per heavy atom. The average Bonchev–Trinajstić information content (AvgIpc) is 3.20. The number of nitrogens with one attached hydrogen (secondary N) is 1. The van der Waals surface area contributed by atoms with Crippen molar-refractivity contribution in [1.82, 2.24) is 5.43 Å². The highest BCUT2D eigenvalue weighted by Crippen LogP contribution is 2.33. The first kappa shape index (κ1) is 23.6. The van der Waals surface area contributed by atoms with Crippen LogP contribution >= 0.6 is 0 Å². The molecule has 0 aliphatic carbocycles. The third-order valence-electron chi connectivity index (χ3n) is 6.30. The number of nitrogens with zero attached hydrogens (tertiary/aromatic N) is 3. The van der Waals surface area contributed by atoms with Crippen LogP contribution in [0.1, 0.15) is 43.4 Å². The molecule has 0 spiro atoms. The fourth-order valence-electron chi connectivity index (χ4n) is 4.53. The third-order valence-corrected chi connectivity index (χ3v) is 8.07. The van der Waals surface area contributed by atoms with Gasteiger partial charge in [-0.05, 0) is 79.1 Å². The van der Waals surface area contributed by atoms with E-state index in [1.807, 2.05) is 26.8 Å². The van der Waals surface area contributed by atoms with Crippen LogP contribution in [0.3, 0.4) is 0 Å². The summed E-state index contributed by atoms with van der Waals surface area (Å²) in [4.78, 5) is 0.292. The van der Waals surface area contributed by atoms with Gasteiger partial charge in [-0.2, -0.15) is 5.26 Å². The second kappa shape index (κ2) is 9.72. The van der Waals surface area contributed by atoms with Gasteiger partial charge in [-0.25, -0.2) is 13.8 Å². The predicted molar refractivity (Wildman–Crippen MR) is 129 cm³/mol. The summed E-state index contributed by atoms with van der Waals surface area (Å²) >= 11 is 0. The van der Waals surface area contributed by atoms with E-state index in [-0.39, 0.29) is 5.92 Å². The van der Waals surface area contributed by atoms with Gasteiger partial charge in [0, 0.05) is 32.8 Å². The van der Waals surface area contributed by atoms with E-state index in [1.165, 1.54) is 4.31 Å². The van der Waals surface area contributed by atoms with Gasteiger partial charge in [-0.3, -0.25) is 4.31 Å². The van der Waals surface area contributed by atoms with Gasteiger partial charge >= 0.3 is 0 Å². The van der Waals surface area contributed by atoms with E-state index in [0.717, 1.165) is 49.4 Å². The van der Waals surface area contributed by atoms with Crippen LogP contribution < -0.4 is 14.7 Å². The van der Waals surface area contributed by atoms with Crippen LogP contribution in [0.2, 0.25) is 0 Å². The first-order chi connectivity index (χ1) is 15.8. The van der Waals surface area contributed by atoms with Crippen LogP contribution in [0.15, 0.2) is 41.3 Å². The van der Waals surface area contributed by atoms with Crippen molar-refractivity contribution in [2.24, 2.45) is 11.8 Å². The molecule has 2 aliphatic heterocycles. The Morgan fingerprint density at radius 2 is 1.97 bits per heavy atom. The quantitative estimate of drug-likeness (QED) is 0.662. The highest BCUT2D eigenvalue weighted by Gasteiger charge is 2.30. The second-order valence-electron chi connectivity index (χ2n) is 9.33. The third kappa shape index (κ3) is 5.01. The van der Waals surface area contributed by atoms with Crippen LogP contribution in [0.4, 0.5) is 11.4 Å². The van der Waals surface area contributed by atoms with E-state index >= 15 is 0 Å². The molecule has 0 unspecified atom stereocenters. The maximum Gasteiger partial charge on any atom is 0.264 e. The molecule has 1 N–H and O–H groups in total. The summed E-state index contributed by atoms with van der Waals surface area (Å²) in [5.41, 5.74) is 7.35. The minimum atomic E-state index is -3.77. The topological polar surface area (TPSA) is 85.7 Å². The molecule has 1 saturated heterocycles. The summed E-state index contributed by atoms with van der Waals surface area (Å²) in [6.07, 6.45) is 2.10. The number of hydrazine groups is 1. The summed E-state index contributed by atoms with van der Waals surface area (Å²) < 4.78 is 34.5. The number of hydrogen-bond acceptors (Lipinski definition) is 6. The molecular formula is C25H32N4O3S. The Hall–Kier alpha value is -2.60. The van der Waals surface area contributed by atoms with Crippen molar-refractivity contribution < 1.29 is 13.2 Å². The Bertz CT molecular complexity index is 1150. The second-order valence-corrected chi connectivity index (χ2v) is 11.2. The SMILES string of the molecule is Cc1cc(C#N)ccc1N(CC(C)C)S(=O)(=O)c1ccc2c(c1)CNN2CC1CCOCC1. The zero-order valence-electron chi connectivity index (χ0n) is 19.5. The molecule has 0 bridgehead atoms. The number of hydrogen-bond donors (Lipinski definition) is 1. The molecule has 0 saturated carbocycles. The lowest BCUT2D eigenvalue weighted by Gasteiger charge is -2.29. The van der Waals surface area contributed by atoms with Crippen molar-refractivity contribution in [1.29, 1.82) is 5.26 Å². The number of sulfonamides is 1. The van der Waals surface area contributed by atoms with Crippen LogP contribution in [0, 0.1) is 30.1 Å². The van der Waals surface area contributed by atoms with Gasteiger partial charge in [0.1, 0.15) is 0 Å². The molecule has 2 aliphatic rings. The number of anilines is 2. The van der Waals surface area contributed by atoms with Gasteiger partial charge in [0.05, 0.1) is 27.9 Å². The Labute approximate surface area is 197 Å². The summed E-state index contributed by atoms with van der Waals surface area (Å²) in [6.45, 7) is 9.34. The zero-order valence-corrected chi connectivity index (χ0v) is 20.4. The highest BCUT2D eigenvalue weighted by molar-refractivity contribution is 7.92. The number of benzene rings is 2. The fourth-order valence-corrected chi connectivity index (χ4v) is 6.28. The zero-order chi connectivity index (χ0) is 23.6. The number of rotatable bonds is 7. The van der Waals surface area contributed by atoms with Gasteiger partial charge < -0.3 is 9.75 Å². The lowest BCUT2D eigenvalue weighted by Crippen LogP contribution is -2.38. The van der Waals surface area contributed by atoms with Crippen molar-refractivity contribution in [2.45, 2.75) is 45.1 Å². The van der Waals surface area contributed by atoms with E-state index in [4.69, 9.17) is 4.74 Å². The fraction of sp³-hybridized carbons (Fsp3) is 0.480. The van der Waals surface area contributed by atoms with Gasteiger partial charge in [0.15, 0.2) is 0 Å². The van der Waals surface area contributed by atoms with E-state index < -0.39 is 10.0 Å². The van der Waals surface area contributed by atoms with E-state index in [9.17, 15) is 13.7 Å². The number of ether oxygens (including phenoxy) is 1. The lowest BCUT2D eigenvalue weighted by atomic mass is 10.00. The summed E-state index contributed by atoms with van der Waals surface area (Å²) in [6, 6.07) is 12.7. The van der Waals surface area contributed by atoms with Gasteiger partial charge in [0.2, 0.25) is 0 Å². The van der Waals surface area contributed by atoms with Crippen molar-refractivity contribution in [2.75, 3.05) is 35.6 Å². The van der Waals surface area contributed by atoms with E-state index in [2.05, 4.69) is 16.5 Å². The minimum Gasteiger partial charge on any atom is -0.381 e. The van der Waals surface area contributed by atoms with Gasteiger partial charge in [-0.15, -0.1) is 0 Å². The maximum atomic E-state index is 13.8. The Kier molecular flexibility index (Phi) is 6.94. The number of nitriles is 1. The predicted octanol–water partition coefficient (Wildman–Crippen LogP) is 3.97. The van der Waals surface area contributed by atoms with E-state index in [0.29, 0.717) is 35.2 Å². The lowest BCUT2D eigenvalue weighted by molar-refractivity contribution is 0.0677. The molecule has 7 nitrogen and oxygen atoms in total. The monoisotopic (exact) mass is 468 g/mol. The molecule has 2 heterocycles. The first-order valence-corrected chi connectivity index (χ1v) is 13.0. The van der Waals surface area contributed by atoms with Gasteiger partial charge in [0.25, 0.3) is 10.0 Å². The van der Waals surface area contributed by atoms with Crippen LogP contribution in [0.25, 0.3) is 0 Å². The summed E-state index contributed by atoms with van der Waals surface area (Å²) in [7, 11) is -3.77. The molecular weight excluding hydrogens is 436 g/mol. The molecule has 33 heavy (non-hydrogen) atoms. The summed E-state index contributed by atoms with van der Waals surface area (Å²) in [5, 5.41) is 11.3. The molecule has 2 aromatic rings. The van der Waals surface area contributed by atoms with E-state index in [1.54, 1.807) is 30.3 Å². The largest absolute Gasteiger partial charge is 0.381 e. The molecule has 176 valence electrons. The standard InChI is InChI=1S/C25H32N4O3S/c1-18(2)16-29(24-6-4-21(14-26)12-19(24)3)33(30,31)23-5-7-25-22(13-23)15-27-28(25)17-20-8-10-32-11-9-20/h4-7,12-13,18,20,27H,8-11,15-17H2,1-3H3. The smallest absolute Gasteiger partial charge is 0.264 e. The molecule has 4 rings (SSSR count). The molecule has 8 heteroatoms. The molecule has 2 aromatic carbocycles. The molecule has 0 atom stereocenters.